The Kier molecular flexibility index (Phi) is 3.57. The summed E-state index contributed by atoms with van der Waals surface area (Å²) < 4.78 is 26.1. The first-order valence-electron chi connectivity index (χ1n) is 6.35. The third kappa shape index (κ3) is 2.46. The molecule has 2 N–H and O–H groups in total. The second kappa shape index (κ2) is 4.75. The number of amides is 1. The Morgan fingerprint density at radius 2 is 2.05 bits per heavy atom. The molecule has 2 aliphatic rings. The normalized spacial score (nSPS) is 25.3. The summed E-state index contributed by atoms with van der Waals surface area (Å²) >= 11 is 0. The third-order valence-electron chi connectivity index (χ3n) is 3.79. The molecule has 8 heteroatoms. The fraction of sp³-hybridized carbons (Fsp3) is 0.818. The second-order valence-electron chi connectivity index (χ2n) is 5.09. The molecule has 1 saturated carbocycles. The summed E-state index contributed by atoms with van der Waals surface area (Å²) in [7, 11) is -3.41. The molecule has 0 aromatic carbocycles. The highest BCUT2D eigenvalue weighted by Gasteiger charge is 2.59. The van der Waals surface area contributed by atoms with Crippen LogP contribution in [0.1, 0.15) is 26.2 Å². The van der Waals surface area contributed by atoms with E-state index in [-0.39, 0.29) is 6.54 Å². The summed E-state index contributed by atoms with van der Waals surface area (Å²) in [5, 5.41) is 8.43. The maximum Gasteiger partial charge on any atom is 0.319 e. The van der Waals surface area contributed by atoms with Crippen LogP contribution in [-0.2, 0) is 19.6 Å². The number of carbonyl (C=O) groups is 2. The van der Waals surface area contributed by atoms with E-state index in [9.17, 15) is 18.0 Å². The smallest absolute Gasteiger partial charge is 0.319 e. The van der Waals surface area contributed by atoms with Gasteiger partial charge in [-0.3, -0.25) is 9.59 Å². The van der Waals surface area contributed by atoms with Gasteiger partial charge in [-0.05, 0) is 19.3 Å². The molecule has 0 bridgehead atoms. The Labute approximate surface area is 112 Å². The van der Waals surface area contributed by atoms with Gasteiger partial charge < -0.3 is 10.0 Å². The van der Waals surface area contributed by atoms with Crippen LogP contribution >= 0.6 is 0 Å². The lowest BCUT2D eigenvalue weighted by Crippen LogP contribution is -2.42. The average molecular weight is 290 g/mol. The molecule has 108 valence electrons. The van der Waals surface area contributed by atoms with E-state index >= 15 is 0 Å². The lowest BCUT2D eigenvalue weighted by atomic mass is 10.1. The number of carboxylic acid groups (broad SMARTS) is 1. The van der Waals surface area contributed by atoms with Gasteiger partial charge in [0.05, 0.1) is 5.25 Å². The maximum atomic E-state index is 12.1. The van der Waals surface area contributed by atoms with Crippen molar-refractivity contribution in [3.05, 3.63) is 0 Å². The molecule has 19 heavy (non-hydrogen) atoms. The topological polar surface area (TPSA) is 104 Å². The summed E-state index contributed by atoms with van der Waals surface area (Å²) in [6.07, 6.45) is 1.06. The lowest BCUT2D eigenvalue weighted by molar-refractivity contribution is -0.152. The highest BCUT2D eigenvalue weighted by molar-refractivity contribution is 7.90. The molecule has 1 amide bonds. The number of likely N-dealkylation sites (tertiary alicyclic amines) is 1. The van der Waals surface area contributed by atoms with Gasteiger partial charge in [-0.2, -0.15) is 0 Å². The zero-order chi connectivity index (χ0) is 14.3. The SMILES string of the molecule is CCNS(=O)(=O)C1CCN(C(=O)C2(C(=O)O)CC2)C1. The third-order valence-corrected chi connectivity index (χ3v) is 5.74. The van der Waals surface area contributed by atoms with Crippen molar-refractivity contribution >= 4 is 21.9 Å². The number of nitrogens with zero attached hydrogens (tertiary/aromatic N) is 1. The molecule has 1 atom stereocenters. The van der Waals surface area contributed by atoms with Gasteiger partial charge in [-0.25, -0.2) is 13.1 Å². The number of hydrogen-bond acceptors (Lipinski definition) is 4. The van der Waals surface area contributed by atoms with Crippen molar-refractivity contribution in [1.82, 2.24) is 9.62 Å². The van der Waals surface area contributed by atoms with E-state index in [0.29, 0.717) is 32.4 Å². The Balaban J connectivity index is 2.03. The Morgan fingerprint density at radius 3 is 2.53 bits per heavy atom. The van der Waals surface area contributed by atoms with Crippen molar-refractivity contribution in [1.29, 1.82) is 0 Å². The second-order valence-corrected chi connectivity index (χ2v) is 7.14. The summed E-state index contributed by atoms with van der Waals surface area (Å²) in [5.74, 6) is -1.54. The molecule has 0 aromatic rings. The number of hydrogen-bond donors (Lipinski definition) is 2. The molecule has 0 spiro atoms. The Morgan fingerprint density at radius 1 is 1.42 bits per heavy atom. The molecule has 1 aliphatic heterocycles. The van der Waals surface area contributed by atoms with Crippen molar-refractivity contribution in [2.24, 2.45) is 5.41 Å². The van der Waals surface area contributed by atoms with Gasteiger partial charge in [-0.1, -0.05) is 6.92 Å². The van der Waals surface area contributed by atoms with Crippen LogP contribution < -0.4 is 4.72 Å². The van der Waals surface area contributed by atoms with E-state index in [2.05, 4.69) is 4.72 Å². The molecular formula is C11H18N2O5S. The zero-order valence-corrected chi connectivity index (χ0v) is 11.6. The minimum absolute atomic E-state index is 0.0865. The summed E-state index contributed by atoms with van der Waals surface area (Å²) in [4.78, 5) is 24.6. The van der Waals surface area contributed by atoms with Gasteiger partial charge in [0.1, 0.15) is 5.41 Å². The van der Waals surface area contributed by atoms with Gasteiger partial charge in [0.15, 0.2) is 0 Å². The first-order chi connectivity index (χ1) is 8.83. The number of carbonyl (C=O) groups excluding carboxylic acids is 1. The number of rotatable bonds is 5. The molecule has 0 radical (unpaired) electrons. The van der Waals surface area contributed by atoms with Crippen molar-refractivity contribution in [2.45, 2.75) is 31.4 Å². The van der Waals surface area contributed by atoms with Crippen molar-refractivity contribution in [2.75, 3.05) is 19.6 Å². The number of carboxylic acids is 1. The predicted molar refractivity (Wildman–Crippen MR) is 66.9 cm³/mol. The van der Waals surface area contributed by atoms with Crippen LogP contribution in [0.25, 0.3) is 0 Å². The maximum absolute atomic E-state index is 12.1. The Hall–Kier alpha value is -1.15. The first kappa shape index (κ1) is 14.3. The number of aliphatic carboxylic acids is 1. The van der Waals surface area contributed by atoms with Crippen molar-refractivity contribution in [3.63, 3.8) is 0 Å². The van der Waals surface area contributed by atoms with Gasteiger partial charge >= 0.3 is 5.97 Å². The quantitative estimate of drug-likeness (QED) is 0.657. The molecule has 7 nitrogen and oxygen atoms in total. The average Bonchev–Trinajstić information content (AvgIpc) is 2.98. The predicted octanol–water partition coefficient (Wildman–Crippen LogP) is -0.609. The fourth-order valence-electron chi connectivity index (χ4n) is 2.43. The number of sulfonamides is 1. The molecule has 1 aliphatic carbocycles. The lowest BCUT2D eigenvalue weighted by Gasteiger charge is -2.20. The zero-order valence-electron chi connectivity index (χ0n) is 10.8. The van der Waals surface area contributed by atoms with Crippen LogP contribution in [0, 0.1) is 5.41 Å². The molecule has 1 heterocycles. The van der Waals surface area contributed by atoms with Gasteiger partial charge in [-0.15, -0.1) is 0 Å². The highest BCUT2D eigenvalue weighted by atomic mass is 32.2. The minimum atomic E-state index is -3.41. The van der Waals surface area contributed by atoms with E-state index in [1.807, 2.05) is 0 Å². The highest BCUT2D eigenvalue weighted by Crippen LogP contribution is 2.48. The molecule has 2 fully saturated rings. The van der Waals surface area contributed by atoms with E-state index in [1.165, 1.54) is 4.90 Å². The summed E-state index contributed by atoms with van der Waals surface area (Å²) in [6, 6.07) is 0. The van der Waals surface area contributed by atoms with E-state index < -0.39 is 32.6 Å². The van der Waals surface area contributed by atoms with E-state index in [0.717, 1.165) is 0 Å². The fourth-order valence-corrected chi connectivity index (χ4v) is 3.86. The molecule has 1 unspecified atom stereocenters. The summed E-state index contributed by atoms with van der Waals surface area (Å²) in [5.41, 5.74) is -1.28. The van der Waals surface area contributed by atoms with Crippen molar-refractivity contribution in [3.8, 4) is 0 Å². The Bertz CT molecular complexity index is 497. The largest absolute Gasteiger partial charge is 0.480 e. The van der Waals surface area contributed by atoms with Crippen LogP contribution in [0.15, 0.2) is 0 Å². The van der Waals surface area contributed by atoms with Gasteiger partial charge in [0, 0.05) is 19.6 Å². The van der Waals surface area contributed by atoms with Crippen LogP contribution in [0.2, 0.25) is 0 Å². The first-order valence-corrected chi connectivity index (χ1v) is 7.89. The van der Waals surface area contributed by atoms with Gasteiger partial charge in [0.25, 0.3) is 0 Å². The molecule has 1 saturated heterocycles. The van der Waals surface area contributed by atoms with E-state index in [4.69, 9.17) is 5.11 Å². The molecule has 2 rings (SSSR count). The molecule has 0 aromatic heterocycles. The monoisotopic (exact) mass is 290 g/mol. The molecular weight excluding hydrogens is 272 g/mol. The minimum Gasteiger partial charge on any atom is -0.480 e. The van der Waals surface area contributed by atoms with E-state index in [1.54, 1.807) is 6.92 Å². The van der Waals surface area contributed by atoms with Crippen LogP contribution in [-0.4, -0.2) is 55.2 Å². The number of nitrogens with one attached hydrogen (secondary N) is 1. The standard InChI is InChI=1S/C11H18N2O5S/c1-2-12-19(17,18)8-3-6-13(7-8)9(14)11(4-5-11)10(15)16/h8,12H,2-7H2,1H3,(H,15,16). The van der Waals surface area contributed by atoms with Crippen molar-refractivity contribution < 1.29 is 23.1 Å². The van der Waals surface area contributed by atoms with Crippen LogP contribution in [0.3, 0.4) is 0 Å². The van der Waals surface area contributed by atoms with Gasteiger partial charge in [0.2, 0.25) is 15.9 Å². The van der Waals surface area contributed by atoms with Crippen LogP contribution in [0.5, 0.6) is 0 Å². The summed E-state index contributed by atoms with van der Waals surface area (Å²) in [6.45, 7) is 2.40. The van der Waals surface area contributed by atoms with Crippen LogP contribution in [0.4, 0.5) is 0 Å².